The van der Waals surface area contributed by atoms with E-state index in [1.54, 1.807) is 36.0 Å². The summed E-state index contributed by atoms with van der Waals surface area (Å²) in [6, 6.07) is 7.26. The van der Waals surface area contributed by atoms with Crippen molar-refractivity contribution in [1.29, 1.82) is 0 Å². The maximum Gasteiger partial charge on any atom is 0.293 e. The number of thioether (sulfide) groups is 1. The van der Waals surface area contributed by atoms with E-state index in [1.165, 1.54) is 11.3 Å². The molecule has 0 aliphatic carbocycles. The molecule has 0 unspecified atom stereocenters. The molecule has 6 nitrogen and oxygen atoms in total. The van der Waals surface area contributed by atoms with E-state index in [-0.39, 0.29) is 30.1 Å². The summed E-state index contributed by atoms with van der Waals surface area (Å²) in [5.74, 6) is -0.546. The van der Waals surface area contributed by atoms with Gasteiger partial charge in [-0.15, -0.1) is 11.3 Å². The Morgan fingerprint density at radius 2 is 2.12 bits per heavy atom. The average molecular weight is 361 g/mol. The zero-order chi connectivity index (χ0) is 17.1. The summed E-state index contributed by atoms with van der Waals surface area (Å²) in [5, 5.41) is 4.32. The first-order chi connectivity index (χ1) is 11.6. The third-order valence-electron chi connectivity index (χ3n) is 3.49. The highest BCUT2D eigenvalue weighted by Gasteiger charge is 2.34. The minimum atomic E-state index is -0.313. The molecule has 8 heteroatoms. The van der Waals surface area contributed by atoms with Crippen molar-refractivity contribution in [3.05, 3.63) is 51.3 Å². The van der Waals surface area contributed by atoms with E-state index in [0.717, 1.165) is 21.5 Å². The van der Waals surface area contributed by atoms with E-state index in [1.807, 2.05) is 17.5 Å². The molecule has 1 N–H and O–H groups in total. The van der Waals surface area contributed by atoms with Crippen LogP contribution in [-0.2, 0) is 11.8 Å². The van der Waals surface area contributed by atoms with E-state index in [2.05, 4.69) is 5.32 Å². The number of amides is 3. The zero-order valence-electron chi connectivity index (χ0n) is 12.9. The van der Waals surface area contributed by atoms with Crippen LogP contribution < -0.4 is 5.32 Å². The Morgan fingerprint density at radius 1 is 1.29 bits per heavy atom. The highest BCUT2D eigenvalue weighted by Crippen LogP contribution is 2.32. The van der Waals surface area contributed by atoms with Gasteiger partial charge in [-0.3, -0.25) is 19.3 Å². The van der Waals surface area contributed by atoms with Gasteiger partial charge in [0.05, 0.1) is 4.91 Å². The number of nitrogens with one attached hydrogen (secondary N) is 1. The van der Waals surface area contributed by atoms with E-state index in [9.17, 15) is 14.4 Å². The third kappa shape index (κ3) is 3.44. The molecule has 3 amide bonds. The second kappa shape index (κ2) is 7.06. The van der Waals surface area contributed by atoms with Gasteiger partial charge in [0, 0.05) is 31.2 Å². The fraction of sp³-hybridized carbons (Fsp3) is 0.188. The highest BCUT2D eigenvalue weighted by molar-refractivity contribution is 8.18. The largest absolute Gasteiger partial charge is 0.349 e. The lowest BCUT2D eigenvalue weighted by atomic mass is 10.3. The van der Waals surface area contributed by atoms with Crippen LogP contribution in [0.3, 0.4) is 0 Å². The lowest BCUT2D eigenvalue weighted by molar-refractivity contribution is -0.122. The summed E-state index contributed by atoms with van der Waals surface area (Å²) < 4.78 is 1.71. The summed E-state index contributed by atoms with van der Waals surface area (Å²) in [4.78, 5) is 38.8. The van der Waals surface area contributed by atoms with Gasteiger partial charge in [-0.25, -0.2) is 0 Å². The van der Waals surface area contributed by atoms with Crippen LogP contribution in [0.1, 0.15) is 15.4 Å². The van der Waals surface area contributed by atoms with Crippen molar-refractivity contribution >= 4 is 46.2 Å². The van der Waals surface area contributed by atoms with E-state index in [4.69, 9.17) is 0 Å². The van der Waals surface area contributed by atoms with E-state index >= 15 is 0 Å². The van der Waals surface area contributed by atoms with Crippen molar-refractivity contribution in [2.45, 2.75) is 0 Å². The number of aromatic nitrogens is 1. The maximum atomic E-state index is 12.3. The van der Waals surface area contributed by atoms with Crippen molar-refractivity contribution in [1.82, 2.24) is 14.8 Å². The second-order valence-electron chi connectivity index (χ2n) is 5.11. The van der Waals surface area contributed by atoms with E-state index in [0.29, 0.717) is 10.6 Å². The number of nitrogens with zero attached hydrogens (tertiary/aromatic N) is 2. The third-order valence-corrected chi connectivity index (χ3v) is 5.21. The monoisotopic (exact) mass is 361 g/mol. The Balaban J connectivity index is 1.58. The molecule has 0 saturated carbocycles. The molecular formula is C16H15N3O3S2. The summed E-state index contributed by atoms with van der Waals surface area (Å²) in [6.07, 6.45) is 3.50. The van der Waals surface area contributed by atoms with Crippen LogP contribution in [-0.4, -0.2) is 39.6 Å². The molecule has 1 aliphatic rings. The second-order valence-corrected chi connectivity index (χ2v) is 7.08. The lowest BCUT2D eigenvalue weighted by Crippen LogP contribution is -2.37. The number of hydrogen-bond acceptors (Lipinski definition) is 5. The standard InChI is InChI=1S/C16H15N3O3S2/c1-18-7-2-5-12(18)14(20)17-6-8-19-15(21)13(24-16(19)22)10-11-4-3-9-23-11/h2-5,7,9-10H,6,8H2,1H3,(H,17,20). The van der Waals surface area contributed by atoms with Crippen LogP contribution in [0.4, 0.5) is 4.79 Å². The molecular weight excluding hydrogens is 346 g/mol. The Kier molecular flexibility index (Phi) is 4.86. The molecule has 0 spiro atoms. The quantitative estimate of drug-likeness (QED) is 0.831. The van der Waals surface area contributed by atoms with Crippen LogP contribution in [0.15, 0.2) is 40.7 Å². The van der Waals surface area contributed by atoms with Gasteiger partial charge in [-0.2, -0.15) is 0 Å². The van der Waals surface area contributed by atoms with Crippen LogP contribution in [0.2, 0.25) is 0 Å². The first-order valence-electron chi connectivity index (χ1n) is 7.24. The molecule has 24 heavy (non-hydrogen) atoms. The number of imide groups is 1. The summed E-state index contributed by atoms with van der Waals surface area (Å²) in [6.45, 7) is 0.372. The Hall–Kier alpha value is -2.32. The summed E-state index contributed by atoms with van der Waals surface area (Å²) in [7, 11) is 1.78. The Labute approximate surface area is 147 Å². The minimum Gasteiger partial charge on any atom is -0.349 e. The number of hydrogen-bond donors (Lipinski definition) is 1. The molecule has 0 aromatic carbocycles. The van der Waals surface area contributed by atoms with Gasteiger partial charge in [0.1, 0.15) is 5.69 Å². The number of carbonyl (C=O) groups excluding carboxylic acids is 3. The summed E-state index contributed by atoms with van der Waals surface area (Å²) >= 11 is 2.43. The molecule has 1 fully saturated rings. The first-order valence-corrected chi connectivity index (χ1v) is 8.94. The van der Waals surface area contributed by atoms with Gasteiger partial charge >= 0.3 is 0 Å². The molecule has 3 heterocycles. The molecule has 0 radical (unpaired) electrons. The predicted octanol–water partition coefficient (Wildman–Crippen LogP) is 2.55. The number of rotatable bonds is 5. The summed E-state index contributed by atoms with van der Waals surface area (Å²) in [5.41, 5.74) is 0.529. The van der Waals surface area contributed by atoms with Crippen molar-refractivity contribution in [3.8, 4) is 0 Å². The van der Waals surface area contributed by atoms with Crippen LogP contribution >= 0.6 is 23.1 Å². The van der Waals surface area contributed by atoms with Crippen molar-refractivity contribution in [2.75, 3.05) is 13.1 Å². The Bertz CT molecular complexity index is 808. The van der Waals surface area contributed by atoms with E-state index < -0.39 is 0 Å². The highest BCUT2D eigenvalue weighted by atomic mass is 32.2. The molecule has 1 aliphatic heterocycles. The molecule has 2 aromatic rings. The zero-order valence-corrected chi connectivity index (χ0v) is 14.5. The Morgan fingerprint density at radius 3 is 2.79 bits per heavy atom. The normalized spacial score (nSPS) is 16.2. The number of thiophene rings is 1. The predicted molar refractivity (Wildman–Crippen MR) is 94.7 cm³/mol. The smallest absolute Gasteiger partial charge is 0.293 e. The van der Waals surface area contributed by atoms with Crippen molar-refractivity contribution in [3.63, 3.8) is 0 Å². The lowest BCUT2D eigenvalue weighted by Gasteiger charge is -2.13. The van der Waals surface area contributed by atoms with Crippen LogP contribution in [0.25, 0.3) is 6.08 Å². The van der Waals surface area contributed by atoms with Crippen LogP contribution in [0.5, 0.6) is 0 Å². The van der Waals surface area contributed by atoms with Crippen LogP contribution in [0, 0.1) is 0 Å². The van der Waals surface area contributed by atoms with Gasteiger partial charge in [0.25, 0.3) is 17.1 Å². The fourth-order valence-electron chi connectivity index (χ4n) is 2.26. The van der Waals surface area contributed by atoms with Gasteiger partial charge < -0.3 is 9.88 Å². The maximum absolute atomic E-state index is 12.3. The molecule has 2 aromatic heterocycles. The minimum absolute atomic E-state index is 0.155. The van der Waals surface area contributed by atoms with Gasteiger partial charge in [-0.05, 0) is 41.4 Å². The first kappa shape index (κ1) is 16.5. The molecule has 0 bridgehead atoms. The molecule has 0 atom stereocenters. The topological polar surface area (TPSA) is 71.4 Å². The fourth-order valence-corrected chi connectivity index (χ4v) is 3.85. The van der Waals surface area contributed by atoms with Gasteiger partial charge in [-0.1, -0.05) is 6.07 Å². The van der Waals surface area contributed by atoms with Crippen molar-refractivity contribution < 1.29 is 14.4 Å². The number of aryl methyl sites for hydroxylation is 1. The average Bonchev–Trinajstić information content (AvgIpc) is 3.25. The number of carbonyl (C=O) groups is 3. The SMILES string of the molecule is Cn1cccc1C(=O)NCCN1C(=O)SC(=Cc2cccs2)C1=O. The van der Waals surface area contributed by atoms with Gasteiger partial charge in [0.2, 0.25) is 0 Å². The van der Waals surface area contributed by atoms with Crippen molar-refractivity contribution in [2.24, 2.45) is 7.05 Å². The molecule has 3 rings (SSSR count). The van der Waals surface area contributed by atoms with Gasteiger partial charge in [0.15, 0.2) is 0 Å². The molecule has 124 valence electrons. The molecule has 1 saturated heterocycles.